The SMILES string of the molecule is O=C(COc1cccnn1)N1CC(n2nc(-c3ccccc3)ccc2=O)C1. The number of carbonyl (C=O) groups is 1. The number of rotatable bonds is 5. The van der Waals surface area contributed by atoms with Gasteiger partial charge in [0.25, 0.3) is 11.5 Å². The van der Waals surface area contributed by atoms with Crippen molar-refractivity contribution in [1.29, 1.82) is 0 Å². The first-order valence-corrected chi connectivity index (χ1v) is 8.54. The molecule has 3 aromatic rings. The number of benzene rings is 1. The molecule has 0 saturated carbocycles. The fraction of sp³-hybridized carbons (Fsp3) is 0.211. The van der Waals surface area contributed by atoms with Gasteiger partial charge >= 0.3 is 0 Å². The Bertz CT molecular complexity index is 985. The van der Waals surface area contributed by atoms with Crippen LogP contribution >= 0.6 is 0 Å². The van der Waals surface area contributed by atoms with E-state index in [4.69, 9.17) is 4.74 Å². The third-order valence-electron chi connectivity index (χ3n) is 4.35. The zero-order chi connectivity index (χ0) is 18.6. The van der Waals surface area contributed by atoms with E-state index in [1.54, 1.807) is 23.1 Å². The molecule has 0 bridgehead atoms. The zero-order valence-corrected chi connectivity index (χ0v) is 14.4. The maximum atomic E-state index is 12.2. The molecule has 1 saturated heterocycles. The van der Waals surface area contributed by atoms with E-state index in [1.807, 2.05) is 30.3 Å². The number of hydrogen-bond donors (Lipinski definition) is 0. The monoisotopic (exact) mass is 363 g/mol. The van der Waals surface area contributed by atoms with Crippen LogP contribution in [0.3, 0.4) is 0 Å². The van der Waals surface area contributed by atoms with Crippen LogP contribution in [0.1, 0.15) is 6.04 Å². The van der Waals surface area contributed by atoms with Gasteiger partial charge < -0.3 is 9.64 Å². The predicted octanol–water partition coefficient (Wildman–Crippen LogP) is 1.16. The minimum absolute atomic E-state index is 0.113. The van der Waals surface area contributed by atoms with Crippen molar-refractivity contribution in [3.05, 3.63) is 71.1 Å². The molecule has 1 fully saturated rings. The number of nitrogens with zero attached hydrogens (tertiary/aromatic N) is 5. The highest BCUT2D eigenvalue weighted by molar-refractivity contribution is 5.78. The molecule has 0 radical (unpaired) electrons. The second kappa shape index (κ2) is 7.36. The largest absolute Gasteiger partial charge is 0.466 e. The van der Waals surface area contributed by atoms with E-state index in [0.717, 1.165) is 11.3 Å². The molecule has 3 heterocycles. The summed E-state index contributed by atoms with van der Waals surface area (Å²) in [4.78, 5) is 26.0. The quantitative estimate of drug-likeness (QED) is 0.676. The lowest BCUT2D eigenvalue weighted by Gasteiger charge is -2.39. The zero-order valence-electron chi connectivity index (χ0n) is 14.4. The summed E-state index contributed by atoms with van der Waals surface area (Å²) in [5.74, 6) is 0.139. The lowest BCUT2D eigenvalue weighted by Crippen LogP contribution is -2.54. The standard InChI is InChI=1S/C19H17N5O3/c25-18-9-8-16(14-5-2-1-3-6-14)22-24(18)15-11-23(12-15)19(26)13-27-17-7-4-10-20-21-17/h1-10,15H,11-13H2. The lowest BCUT2D eigenvalue weighted by molar-refractivity contribution is -0.139. The Morgan fingerprint density at radius 3 is 2.63 bits per heavy atom. The highest BCUT2D eigenvalue weighted by Gasteiger charge is 2.33. The normalized spacial score (nSPS) is 13.9. The number of hydrogen-bond acceptors (Lipinski definition) is 6. The Morgan fingerprint density at radius 1 is 1.07 bits per heavy atom. The van der Waals surface area contributed by atoms with Crippen molar-refractivity contribution in [2.24, 2.45) is 0 Å². The first-order valence-electron chi connectivity index (χ1n) is 8.54. The van der Waals surface area contributed by atoms with Crippen LogP contribution in [0.2, 0.25) is 0 Å². The van der Waals surface area contributed by atoms with E-state index >= 15 is 0 Å². The molecule has 1 amide bonds. The molecule has 1 aromatic carbocycles. The van der Waals surface area contributed by atoms with Crippen molar-refractivity contribution in [2.75, 3.05) is 19.7 Å². The van der Waals surface area contributed by atoms with Crippen LogP contribution < -0.4 is 10.3 Å². The average molecular weight is 363 g/mol. The topological polar surface area (TPSA) is 90.2 Å². The van der Waals surface area contributed by atoms with Crippen LogP contribution in [-0.4, -0.2) is 50.5 Å². The summed E-state index contributed by atoms with van der Waals surface area (Å²) in [7, 11) is 0. The molecule has 0 atom stereocenters. The van der Waals surface area contributed by atoms with Crippen LogP contribution in [0.15, 0.2) is 65.6 Å². The van der Waals surface area contributed by atoms with Gasteiger partial charge in [0, 0.05) is 37.0 Å². The van der Waals surface area contributed by atoms with Crippen molar-refractivity contribution < 1.29 is 9.53 Å². The minimum atomic E-state index is -0.178. The van der Waals surface area contributed by atoms with Gasteiger partial charge in [-0.2, -0.15) is 10.2 Å². The molecule has 1 aliphatic rings. The molecule has 4 rings (SSSR count). The van der Waals surface area contributed by atoms with Crippen molar-refractivity contribution in [3.8, 4) is 17.1 Å². The van der Waals surface area contributed by atoms with Gasteiger partial charge in [-0.1, -0.05) is 30.3 Å². The van der Waals surface area contributed by atoms with Crippen LogP contribution in [0.25, 0.3) is 11.3 Å². The maximum absolute atomic E-state index is 12.2. The first-order chi connectivity index (χ1) is 13.2. The molecular formula is C19H17N5O3. The molecule has 1 aliphatic heterocycles. The van der Waals surface area contributed by atoms with E-state index in [9.17, 15) is 9.59 Å². The van der Waals surface area contributed by atoms with E-state index in [-0.39, 0.29) is 24.1 Å². The molecular weight excluding hydrogens is 346 g/mol. The molecule has 0 N–H and O–H groups in total. The summed E-state index contributed by atoms with van der Waals surface area (Å²) in [5, 5.41) is 11.9. The minimum Gasteiger partial charge on any atom is -0.466 e. The third kappa shape index (κ3) is 3.69. The van der Waals surface area contributed by atoms with Crippen molar-refractivity contribution in [2.45, 2.75) is 6.04 Å². The van der Waals surface area contributed by atoms with Gasteiger partial charge in [-0.15, -0.1) is 5.10 Å². The number of aromatic nitrogens is 4. The molecule has 0 spiro atoms. The summed E-state index contributed by atoms with van der Waals surface area (Å²) in [6.07, 6.45) is 1.53. The third-order valence-corrected chi connectivity index (χ3v) is 4.35. The van der Waals surface area contributed by atoms with Crippen LogP contribution in [-0.2, 0) is 4.79 Å². The van der Waals surface area contributed by atoms with Crippen LogP contribution in [0, 0.1) is 0 Å². The summed E-state index contributed by atoms with van der Waals surface area (Å²) < 4.78 is 6.77. The number of amides is 1. The number of likely N-dealkylation sites (tertiary alicyclic amines) is 1. The summed E-state index contributed by atoms with van der Waals surface area (Å²) >= 11 is 0. The van der Waals surface area contributed by atoms with Gasteiger partial charge in [0.15, 0.2) is 6.61 Å². The second-order valence-electron chi connectivity index (χ2n) is 6.17. The highest BCUT2D eigenvalue weighted by Crippen LogP contribution is 2.21. The van der Waals surface area contributed by atoms with E-state index < -0.39 is 0 Å². The Balaban J connectivity index is 1.39. The smallest absolute Gasteiger partial charge is 0.267 e. The van der Waals surface area contributed by atoms with Gasteiger partial charge in [-0.05, 0) is 12.1 Å². The molecule has 27 heavy (non-hydrogen) atoms. The molecule has 0 aliphatic carbocycles. The Labute approximate surface area is 155 Å². The molecule has 8 nitrogen and oxygen atoms in total. The number of ether oxygens (including phenoxy) is 1. The first kappa shape index (κ1) is 16.9. The molecule has 8 heteroatoms. The fourth-order valence-corrected chi connectivity index (χ4v) is 2.85. The van der Waals surface area contributed by atoms with Gasteiger partial charge in [-0.25, -0.2) is 4.68 Å². The summed E-state index contributed by atoms with van der Waals surface area (Å²) in [6.45, 7) is 0.736. The second-order valence-corrected chi connectivity index (χ2v) is 6.17. The Morgan fingerprint density at radius 2 is 1.89 bits per heavy atom. The van der Waals surface area contributed by atoms with Gasteiger partial charge in [0.1, 0.15) is 0 Å². The van der Waals surface area contributed by atoms with Gasteiger partial charge in [0.05, 0.1) is 11.7 Å². The van der Waals surface area contributed by atoms with E-state index in [1.165, 1.54) is 16.9 Å². The van der Waals surface area contributed by atoms with Gasteiger partial charge in [0.2, 0.25) is 5.88 Å². The lowest BCUT2D eigenvalue weighted by atomic mass is 10.1. The van der Waals surface area contributed by atoms with Crippen molar-refractivity contribution in [3.63, 3.8) is 0 Å². The molecule has 0 unspecified atom stereocenters. The van der Waals surface area contributed by atoms with E-state index in [0.29, 0.717) is 19.0 Å². The Hall–Kier alpha value is -3.55. The molecule has 136 valence electrons. The molecule has 2 aromatic heterocycles. The average Bonchev–Trinajstić information content (AvgIpc) is 2.68. The summed E-state index contributed by atoms with van der Waals surface area (Å²) in [5.41, 5.74) is 1.49. The summed E-state index contributed by atoms with van der Waals surface area (Å²) in [6, 6.07) is 16.1. The van der Waals surface area contributed by atoms with Crippen LogP contribution in [0.4, 0.5) is 0 Å². The number of carbonyl (C=O) groups excluding carboxylic acids is 1. The fourth-order valence-electron chi connectivity index (χ4n) is 2.85. The van der Waals surface area contributed by atoms with Crippen molar-refractivity contribution >= 4 is 5.91 Å². The maximum Gasteiger partial charge on any atom is 0.267 e. The predicted molar refractivity (Wildman–Crippen MR) is 97.1 cm³/mol. The Kier molecular flexibility index (Phi) is 4.61. The van der Waals surface area contributed by atoms with Crippen LogP contribution in [0.5, 0.6) is 5.88 Å². The van der Waals surface area contributed by atoms with E-state index in [2.05, 4.69) is 15.3 Å². The van der Waals surface area contributed by atoms with Crippen molar-refractivity contribution in [1.82, 2.24) is 24.9 Å². The highest BCUT2D eigenvalue weighted by atomic mass is 16.5. The van der Waals surface area contributed by atoms with Gasteiger partial charge in [-0.3, -0.25) is 9.59 Å².